The summed E-state index contributed by atoms with van der Waals surface area (Å²) in [5, 5.41) is 5.48. The van der Waals surface area contributed by atoms with E-state index >= 15 is 0 Å². The Morgan fingerprint density at radius 3 is 2.48 bits per heavy atom. The Balaban J connectivity index is 2.05. The van der Waals surface area contributed by atoms with Gasteiger partial charge in [-0.15, -0.1) is 0 Å². The summed E-state index contributed by atoms with van der Waals surface area (Å²) in [7, 11) is 3.49. The summed E-state index contributed by atoms with van der Waals surface area (Å²) in [5.74, 6) is -0.886. The van der Waals surface area contributed by atoms with Gasteiger partial charge in [0.25, 0.3) is 5.91 Å². The van der Waals surface area contributed by atoms with Crippen molar-refractivity contribution < 1.29 is 22.7 Å². The zero-order valence-electron chi connectivity index (χ0n) is 14.6. The highest BCUT2D eigenvalue weighted by atomic mass is 19.3. The van der Waals surface area contributed by atoms with E-state index < -0.39 is 18.3 Å². The number of hydrogen-bond acceptors (Lipinski definition) is 4. The smallest absolute Gasteiger partial charge is 0.387 e. The number of nitrogens with zero attached hydrogens (tertiary/aromatic N) is 3. The molecular formula is C19H16F3N3O2. The topological polar surface area (TPSA) is 45.1 Å². The Labute approximate surface area is 154 Å². The molecule has 0 unspecified atom stereocenters. The van der Waals surface area contributed by atoms with Crippen LogP contribution in [0.15, 0.2) is 65.4 Å². The van der Waals surface area contributed by atoms with Gasteiger partial charge in [0, 0.05) is 25.9 Å². The summed E-state index contributed by atoms with van der Waals surface area (Å²) in [5.41, 5.74) is 1.41. The zero-order chi connectivity index (χ0) is 19.6. The van der Waals surface area contributed by atoms with E-state index in [1.807, 2.05) is 0 Å². The lowest BCUT2D eigenvalue weighted by Gasteiger charge is -2.12. The average Bonchev–Trinajstić information content (AvgIpc) is 2.92. The molecule has 0 N–H and O–H groups in total. The largest absolute Gasteiger partial charge is 0.435 e. The van der Waals surface area contributed by atoms with Crippen molar-refractivity contribution in [3.63, 3.8) is 0 Å². The second-order valence-electron chi connectivity index (χ2n) is 5.95. The van der Waals surface area contributed by atoms with E-state index in [1.54, 1.807) is 31.3 Å². The summed E-state index contributed by atoms with van der Waals surface area (Å²) < 4.78 is 42.6. The van der Waals surface area contributed by atoms with Crippen LogP contribution in [0.5, 0.6) is 5.75 Å². The van der Waals surface area contributed by atoms with Gasteiger partial charge in [-0.1, -0.05) is 12.1 Å². The monoisotopic (exact) mass is 375 g/mol. The maximum atomic E-state index is 13.2. The first-order valence-electron chi connectivity index (χ1n) is 7.97. The van der Waals surface area contributed by atoms with Gasteiger partial charge in [0.1, 0.15) is 17.3 Å². The second-order valence-corrected chi connectivity index (χ2v) is 5.95. The van der Waals surface area contributed by atoms with E-state index in [2.05, 4.69) is 9.84 Å². The Morgan fingerprint density at radius 2 is 1.85 bits per heavy atom. The molecule has 2 aromatic carbocycles. The standard InChI is InChI=1S/C19H16F3N3O2/c1-24(2)11-16-17(12-4-3-5-15(10-12)27-19(21)22)23-25(18(16)26)14-8-6-13(20)7-9-14/h3-11,19H,1-2H3. The second kappa shape index (κ2) is 7.53. The van der Waals surface area contributed by atoms with Crippen LogP contribution in [-0.2, 0) is 4.79 Å². The maximum absolute atomic E-state index is 13.2. The van der Waals surface area contributed by atoms with Gasteiger partial charge in [0.15, 0.2) is 0 Å². The van der Waals surface area contributed by atoms with E-state index in [4.69, 9.17) is 0 Å². The quantitative estimate of drug-likeness (QED) is 0.750. The minimum atomic E-state index is -2.96. The SMILES string of the molecule is CN(C)C=C1C(=O)N(c2ccc(F)cc2)N=C1c1cccc(OC(F)F)c1. The number of halogens is 3. The third-order valence-electron chi connectivity index (χ3n) is 3.67. The molecular weight excluding hydrogens is 359 g/mol. The first-order chi connectivity index (χ1) is 12.8. The molecule has 0 atom stereocenters. The number of hydrazone groups is 1. The lowest BCUT2D eigenvalue weighted by molar-refractivity contribution is -0.114. The predicted molar refractivity (Wildman–Crippen MR) is 95.3 cm³/mol. The van der Waals surface area contributed by atoms with Gasteiger partial charge >= 0.3 is 6.61 Å². The number of anilines is 1. The molecule has 0 radical (unpaired) electrons. The Hall–Kier alpha value is -3.29. The van der Waals surface area contributed by atoms with Gasteiger partial charge in [-0.25, -0.2) is 4.39 Å². The van der Waals surface area contributed by atoms with Gasteiger partial charge in [-0.2, -0.15) is 18.9 Å². The molecule has 5 nitrogen and oxygen atoms in total. The lowest BCUT2D eigenvalue weighted by Crippen LogP contribution is -2.22. The molecule has 2 aromatic rings. The molecule has 0 spiro atoms. The summed E-state index contributed by atoms with van der Waals surface area (Å²) in [6.07, 6.45) is 1.59. The zero-order valence-corrected chi connectivity index (χ0v) is 14.6. The molecule has 1 heterocycles. The number of amides is 1. The molecule has 8 heteroatoms. The van der Waals surface area contributed by atoms with Crippen LogP contribution < -0.4 is 9.75 Å². The average molecular weight is 375 g/mol. The van der Waals surface area contributed by atoms with Crippen molar-refractivity contribution >= 4 is 17.3 Å². The van der Waals surface area contributed by atoms with Crippen LogP contribution in [0.3, 0.4) is 0 Å². The summed E-state index contributed by atoms with van der Waals surface area (Å²) in [6, 6.07) is 11.3. The summed E-state index contributed by atoms with van der Waals surface area (Å²) >= 11 is 0. The van der Waals surface area contributed by atoms with Crippen molar-refractivity contribution in [1.29, 1.82) is 0 Å². The molecule has 1 aliphatic heterocycles. The fraction of sp³-hybridized carbons (Fsp3) is 0.158. The predicted octanol–water partition coefficient (Wildman–Crippen LogP) is 3.62. The van der Waals surface area contributed by atoms with E-state index in [0.29, 0.717) is 17.0 Å². The number of alkyl halides is 2. The minimum Gasteiger partial charge on any atom is -0.435 e. The first-order valence-corrected chi connectivity index (χ1v) is 7.97. The van der Waals surface area contributed by atoms with Crippen LogP contribution in [0.4, 0.5) is 18.9 Å². The van der Waals surface area contributed by atoms with Gasteiger partial charge in [-0.3, -0.25) is 4.79 Å². The van der Waals surface area contributed by atoms with Crippen LogP contribution in [-0.4, -0.2) is 37.2 Å². The maximum Gasteiger partial charge on any atom is 0.387 e. The fourth-order valence-electron chi connectivity index (χ4n) is 2.58. The van der Waals surface area contributed by atoms with Crippen LogP contribution >= 0.6 is 0 Å². The molecule has 0 bridgehead atoms. The molecule has 0 saturated carbocycles. The molecule has 0 aliphatic carbocycles. The van der Waals surface area contributed by atoms with Crippen molar-refractivity contribution in [2.24, 2.45) is 5.10 Å². The van der Waals surface area contributed by atoms with Crippen molar-refractivity contribution in [2.75, 3.05) is 19.1 Å². The van der Waals surface area contributed by atoms with Gasteiger partial charge < -0.3 is 9.64 Å². The summed E-state index contributed by atoms with van der Waals surface area (Å²) in [6.45, 7) is -2.96. The van der Waals surface area contributed by atoms with Gasteiger partial charge in [0.05, 0.1) is 11.3 Å². The van der Waals surface area contributed by atoms with E-state index in [-0.39, 0.29) is 11.3 Å². The van der Waals surface area contributed by atoms with E-state index in [0.717, 1.165) is 5.01 Å². The normalized spacial score (nSPS) is 15.5. The fourth-order valence-corrected chi connectivity index (χ4v) is 2.58. The van der Waals surface area contributed by atoms with Crippen LogP contribution in [0.1, 0.15) is 5.56 Å². The van der Waals surface area contributed by atoms with Gasteiger partial charge in [0.2, 0.25) is 0 Å². The van der Waals surface area contributed by atoms with Crippen LogP contribution in [0.2, 0.25) is 0 Å². The number of hydrogen-bond donors (Lipinski definition) is 0. The number of rotatable bonds is 5. The number of ether oxygens (including phenoxy) is 1. The number of carbonyl (C=O) groups is 1. The lowest BCUT2D eigenvalue weighted by atomic mass is 10.0. The Bertz CT molecular complexity index is 909. The van der Waals surface area contributed by atoms with Crippen molar-refractivity contribution in [1.82, 2.24) is 4.90 Å². The van der Waals surface area contributed by atoms with E-state index in [9.17, 15) is 18.0 Å². The highest BCUT2D eigenvalue weighted by Crippen LogP contribution is 2.28. The molecule has 1 aliphatic rings. The molecule has 140 valence electrons. The first kappa shape index (κ1) is 18.5. The van der Waals surface area contributed by atoms with Crippen molar-refractivity contribution in [3.8, 4) is 5.75 Å². The Kier molecular flexibility index (Phi) is 5.16. The number of carbonyl (C=O) groups excluding carboxylic acids is 1. The van der Waals surface area contributed by atoms with E-state index in [1.165, 1.54) is 42.5 Å². The molecule has 0 saturated heterocycles. The molecule has 0 fully saturated rings. The highest BCUT2D eigenvalue weighted by molar-refractivity contribution is 6.35. The minimum absolute atomic E-state index is 0.0397. The molecule has 27 heavy (non-hydrogen) atoms. The molecule has 3 rings (SSSR count). The molecule has 1 amide bonds. The highest BCUT2D eigenvalue weighted by Gasteiger charge is 2.32. The molecule has 0 aromatic heterocycles. The van der Waals surface area contributed by atoms with Crippen LogP contribution in [0, 0.1) is 5.82 Å². The number of benzene rings is 2. The van der Waals surface area contributed by atoms with Crippen molar-refractivity contribution in [3.05, 3.63) is 71.7 Å². The third kappa shape index (κ3) is 4.11. The Morgan fingerprint density at radius 1 is 1.15 bits per heavy atom. The van der Waals surface area contributed by atoms with Crippen LogP contribution in [0.25, 0.3) is 0 Å². The van der Waals surface area contributed by atoms with Crippen molar-refractivity contribution in [2.45, 2.75) is 6.61 Å². The van der Waals surface area contributed by atoms with Gasteiger partial charge in [-0.05, 0) is 36.4 Å². The summed E-state index contributed by atoms with van der Waals surface area (Å²) in [4.78, 5) is 14.5. The third-order valence-corrected chi connectivity index (χ3v) is 3.67.